The van der Waals surface area contributed by atoms with Crippen molar-refractivity contribution in [2.45, 2.75) is 52.6 Å². The number of nitrogens with zero attached hydrogens (tertiary/aromatic N) is 2. The summed E-state index contributed by atoms with van der Waals surface area (Å²) < 4.78 is 0. The number of thiazole rings is 1. The fourth-order valence-corrected chi connectivity index (χ4v) is 3.64. The summed E-state index contributed by atoms with van der Waals surface area (Å²) in [7, 11) is 0. The van der Waals surface area contributed by atoms with Gasteiger partial charge in [0.2, 0.25) is 0 Å². The number of aryl methyl sites for hydroxylation is 2. The molecule has 5 heteroatoms. The minimum Gasteiger partial charge on any atom is -0.480 e. The maximum absolute atomic E-state index is 11.4. The first-order valence-electron chi connectivity index (χ1n) is 6.91. The lowest BCUT2D eigenvalue weighted by Gasteiger charge is -2.36. The molecular weight excluding hydrogens is 260 g/mol. The van der Waals surface area contributed by atoms with Gasteiger partial charge in [-0.05, 0) is 39.2 Å². The highest BCUT2D eigenvalue weighted by Gasteiger charge is 2.33. The van der Waals surface area contributed by atoms with Crippen molar-refractivity contribution in [3.63, 3.8) is 0 Å². The summed E-state index contributed by atoms with van der Waals surface area (Å²) in [6.07, 6.45) is 2.95. The molecule has 19 heavy (non-hydrogen) atoms. The first-order chi connectivity index (χ1) is 9.01. The van der Waals surface area contributed by atoms with Crippen molar-refractivity contribution < 1.29 is 9.90 Å². The Balaban J connectivity index is 2.07. The normalized spacial score (nSPS) is 24.6. The zero-order valence-corrected chi connectivity index (χ0v) is 12.7. The van der Waals surface area contributed by atoms with E-state index in [2.05, 4.69) is 23.7 Å². The van der Waals surface area contributed by atoms with E-state index in [0.29, 0.717) is 12.5 Å². The smallest absolute Gasteiger partial charge is 0.320 e. The number of rotatable bonds is 4. The lowest BCUT2D eigenvalue weighted by Crippen LogP contribution is -2.46. The van der Waals surface area contributed by atoms with Crippen molar-refractivity contribution in [2.75, 3.05) is 6.54 Å². The number of carboxylic acids is 1. The van der Waals surface area contributed by atoms with Crippen molar-refractivity contribution in [3.05, 3.63) is 15.6 Å². The predicted molar refractivity (Wildman–Crippen MR) is 76.4 cm³/mol. The van der Waals surface area contributed by atoms with Crippen LogP contribution in [0.15, 0.2) is 0 Å². The van der Waals surface area contributed by atoms with Crippen LogP contribution in [0, 0.1) is 19.8 Å². The molecule has 0 radical (unpaired) electrons. The van der Waals surface area contributed by atoms with Gasteiger partial charge in [0.05, 0.1) is 12.2 Å². The molecular formula is C14H22N2O2S. The van der Waals surface area contributed by atoms with Gasteiger partial charge in [0, 0.05) is 4.88 Å². The summed E-state index contributed by atoms with van der Waals surface area (Å²) >= 11 is 1.68. The van der Waals surface area contributed by atoms with Crippen LogP contribution in [0.4, 0.5) is 0 Å². The Morgan fingerprint density at radius 1 is 1.53 bits per heavy atom. The molecule has 1 aliphatic rings. The molecule has 0 amide bonds. The zero-order chi connectivity index (χ0) is 14.0. The minimum atomic E-state index is -0.692. The Labute approximate surface area is 118 Å². The van der Waals surface area contributed by atoms with Crippen LogP contribution >= 0.6 is 11.3 Å². The van der Waals surface area contributed by atoms with Crippen LogP contribution in [-0.2, 0) is 11.3 Å². The second-order valence-corrected chi connectivity index (χ2v) is 6.66. The van der Waals surface area contributed by atoms with Crippen molar-refractivity contribution in [3.8, 4) is 0 Å². The maximum atomic E-state index is 11.4. The minimum absolute atomic E-state index is 0.344. The SMILES string of the molecule is CCC1CCN(Cc2nc(C)c(C)s2)C(C(=O)O)C1. The number of aliphatic carboxylic acids is 1. The Bertz CT molecular complexity index is 439. The van der Waals surface area contributed by atoms with E-state index in [9.17, 15) is 9.90 Å². The van der Waals surface area contributed by atoms with Crippen molar-refractivity contribution in [1.29, 1.82) is 0 Å². The van der Waals surface area contributed by atoms with Gasteiger partial charge in [-0.25, -0.2) is 4.98 Å². The molecule has 2 rings (SSSR count). The van der Waals surface area contributed by atoms with E-state index in [-0.39, 0.29) is 6.04 Å². The number of carbonyl (C=O) groups is 1. The van der Waals surface area contributed by atoms with E-state index in [1.165, 1.54) is 4.88 Å². The Morgan fingerprint density at radius 3 is 2.79 bits per heavy atom. The molecule has 0 saturated carbocycles. The second-order valence-electron chi connectivity index (χ2n) is 5.37. The first kappa shape index (κ1) is 14.5. The van der Waals surface area contributed by atoms with Gasteiger partial charge >= 0.3 is 5.97 Å². The van der Waals surface area contributed by atoms with Gasteiger partial charge in [-0.15, -0.1) is 11.3 Å². The highest BCUT2D eigenvalue weighted by molar-refractivity contribution is 7.11. The molecule has 106 valence electrons. The van der Waals surface area contributed by atoms with Crippen molar-refractivity contribution in [2.24, 2.45) is 5.92 Å². The number of hydrogen-bond donors (Lipinski definition) is 1. The third-order valence-electron chi connectivity index (χ3n) is 4.10. The fraction of sp³-hybridized carbons (Fsp3) is 0.714. The van der Waals surface area contributed by atoms with Crippen LogP contribution in [0.5, 0.6) is 0 Å². The third kappa shape index (κ3) is 3.34. The lowest BCUT2D eigenvalue weighted by molar-refractivity contribution is -0.145. The fourth-order valence-electron chi connectivity index (χ4n) is 2.68. The molecule has 2 heterocycles. The largest absolute Gasteiger partial charge is 0.480 e. The van der Waals surface area contributed by atoms with E-state index in [0.717, 1.165) is 36.5 Å². The summed E-state index contributed by atoms with van der Waals surface area (Å²) in [6, 6.07) is -0.344. The summed E-state index contributed by atoms with van der Waals surface area (Å²) in [5.41, 5.74) is 1.07. The molecule has 1 aliphatic heterocycles. The second kappa shape index (κ2) is 6.01. The molecule has 0 spiro atoms. The first-order valence-corrected chi connectivity index (χ1v) is 7.72. The molecule has 0 bridgehead atoms. The van der Waals surface area contributed by atoms with E-state index >= 15 is 0 Å². The molecule has 1 N–H and O–H groups in total. The van der Waals surface area contributed by atoms with Crippen LogP contribution in [0.2, 0.25) is 0 Å². The average molecular weight is 282 g/mol. The van der Waals surface area contributed by atoms with Gasteiger partial charge in [0.25, 0.3) is 0 Å². The number of piperidine rings is 1. The van der Waals surface area contributed by atoms with Gasteiger partial charge < -0.3 is 5.11 Å². The highest BCUT2D eigenvalue weighted by atomic mass is 32.1. The molecule has 2 atom stereocenters. The summed E-state index contributed by atoms with van der Waals surface area (Å²) in [4.78, 5) is 19.3. The van der Waals surface area contributed by atoms with E-state index < -0.39 is 5.97 Å². The van der Waals surface area contributed by atoms with E-state index in [1.54, 1.807) is 11.3 Å². The quantitative estimate of drug-likeness (QED) is 0.922. The molecule has 1 saturated heterocycles. The lowest BCUT2D eigenvalue weighted by atomic mass is 9.89. The molecule has 1 aromatic rings. The number of likely N-dealkylation sites (tertiary alicyclic amines) is 1. The number of hydrogen-bond acceptors (Lipinski definition) is 4. The zero-order valence-electron chi connectivity index (χ0n) is 11.8. The van der Waals surface area contributed by atoms with Crippen molar-refractivity contribution in [1.82, 2.24) is 9.88 Å². The van der Waals surface area contributed by atoms with Crippen LogP contribution in [-0.4, -0.2) is 33.5 Å². The van der Waals surface area contributed by atoms with Gasteiger partial charge in [-0.3, -0.25) is 9.69 Å². The standard InChI is InChI=1S/C14H22N2O2S/c1-4-11-5-6-16(12(7-11)14(17)18)8-13-15-9(2)10(3)19-13/h11-12H,4-8H2,1-3H3,(H,17,18). The summed E-state index contributed by atoms with van der Waals surface area (Å²) in [6.45, 7) is 7.76. The summed E-state index contributed by atoms with van der Waals surface area (Å²) in [5, 5.41) is 10.4. The number of aromatic nitrogens is 1. The molecule has 4 nitrogen and oxygen atoms in total. The van der Waals surface area contributed by atoms with Gasteiger partial charge in [0.15, 0.2) is 0 Å². The Kier molecular flexibility index (Phi) is 4.58. The summed E-state index contributed by atoms with van der Waals surface area (Å²) in [5.74, 6) is -0.139. The Hall–Kier alpha value is -0.940. The number of carboxylic acid groups (broad SMARTS) is 1. The van der Waals surface area contributed by atoms with Crippen molar-refractivity contribution >= 4 is 17.3 Å². The third-order valence-corrected chi connectivity index (χ3v) is 5.15. The predicted octanol–water partition coefficient (Wildman–Crippen LogP) is 2.84. The van der Waals surface area contributed by atoms with E-state index in [4.69, 9.17) is 0 Å². The van der Waals surface area contributed by atoms with Crippen LogP contribution in [0.1, 0.15) is 41.8 Å². The molecule has 1 aromatic heterocycles. The average Bonchev–Trinajstić information content (AvgIpc) is 2.68. The van der Waals surface area contributed by atoms with E-state index in [1.807, 2.05) is 6.92 Å². The van der Waals surface area contributed by atoms with Crippen LogP contribution in [0.3, 0.4) is 0 Å². The molecule has 0 aliphatic carbocycles. The molecule has 2 unspecified atom stereocenters. The van der Waals surface area contributed by atoms with Crippen LogP contribution < -0.4 is 0 Å². The van der Waals surface area contributed by atoms with Crippen LogP contribution in [0.25, 0.3) is 0 Å². The topological polar surface area (TPSA) is 53.4 Å². The maximum Gasteiger partial charge on any atom is 0.320 e. The van der Waals surface area contributed by atoms with Gasteiger partial charge in [0.1, 0.15) is 11.0 Å². The Morgan fingerprint density at radius 2 is 2.26 bits per heavy atom. The molecule has 0 aromatic carbocycles. The monoisotopic (exact) mass is 282 g/mol. The molecule has 1 fully saturated rings. The highest BCUT2D eigenvalue weighted by Crippen LogP contribution is 2.28. The van der Waals surface area contributed by atoms with Gasteiger partial charge in [-0.1, -0.05) is 13.3 Å². The van der Waals surface area contributed by atoms with Gasteiger partial charge in [-0.2, -0.15) is 0 Å².